The number of amides is 1. The Morgan fingerprint density at radius 3 is 2.66 bits per heavy atom. The van der Waals surface area contributed by atoms with Gasteiger partial charge in [0.1, 0.15) is 5.69 Å². The standard InChI is InChI=1S/C20H19N3O6/c1-3-27-13(24)9-12-14(17(25)28-4-2)20(18(26)22-12)11-8-6-5-7-10(11)15-16(20)23-19(21)29-15/h5-8H,3-4,9H2,1-2H3,(H2,21,23)(H,22,26)/t20-/m1/s1. The monoisotopic (exact) mass is 397 g/mol. The van der Waals surface area contributed by atoms with Crippen molar-refractivity contribution in [2.45, 2.75) is 25.7 Å². The fourth-order valence-electron chi connectivity index (χ4n) is 3.99. The Morgan fingerprint density at radius 2 is 1.93 bits per heavy atom. The molecule has 0 unspecified atom stereocenters. The average Bonchev–Trinajstić information content (AvgIpc) is 3.27. The third-order valence-electron chi connectivity index (χ3n) is 4.96. The van der Waals surface area contributed by atoms with Crippen molar-refractivity contribution in [3.8, 4) is 11.3 Å². The molecule has 1 aromatic carbocycles. The van der Waals surface area contributed by atoms with Gasteiger partial charge in [-0.2, -0.15) is 4.98 Å². The summed E-state index contributed by atoms with van der Waals surface area (Å²) < 4.78 is 15.8. The van der Waals surface area contributed by atoms with Gasteiger partial charge in [-0.3, -0.25) is 9.59 Å². The van der Waals surface area contributed by atoms with E-state index in [9.17, 15) is 14.4 Å². The maximum Gasteiger partial charge on any atom is 0.337 e. The van der Waals surface area contributed by atoms with Crippen LogP contribution in [0.2, 0.25) is 0 Å². The van der Waals surface area contributed by atoms with Crippen molar-refractivity contribution in [1.82, 2.24) is 10.3 Å². The van der Waals surface area contributed by atoms with E-state index in [2.05, 4.69) is 10.3 Å². The van der Waals surface area contributed by atoms with E-state index in [0.717, 1.165) is 0 Å². The summed E-state index contributed by atoms with van der Waals surface area (Å²) in [5, 5.41) is 2.67. The third kappa shape index (κ3) is 2.54. The van der Waals surface area contributed by atoms with Crippen molar-refractivity contribution >= 4 is 23.9 Å². The van der Waals surface area contributed by atoms with Gasteiger partial charge in [-0.05, 0) is 19.4 Å². The minimum atomic E-state index is -1.61. The highest BCUT2D eigenvalue weighted by molar-refractivity contribution is 6.14. The fourth-order valence-corrected chi connectivity index (χ4v) is 3.99. The summed E-state index contributed by atoms with van der Waals surface area (Å²) in [4.78, 5) is 42.7. The minimum Gasteiger partial charge on any atom is -0.466 e. The highest BCUT2D eigenvalue weighted by atomic mass is 16.5. The number of nitrogens with zero attached hydrogens (tertiary/aromatic N) is 1. The Labute approximate surface area is 165 Å². The summed E-state index contributed by atoms with van der Waals surface area (Å²) in [5.74, 6) is -1.52. The lowest BCUT2D eigenvalue weighted by molar-refractivity contribution is -0.142. The number of nitrogens with one attached hydrogen (secondary N) is 1. The highest BCUT2D eigenvalue weighted by Crippen LogP contribution is 2.56. The van der Waals surface area contributed by atoms with Gasteiger partial charge in [0.2, 0.25) is 5.91 Å². The maximum atomic E-state index is 13.4. The molecule has 1 aliphatic heterocycles. The van der Waals surface area contributed by atoms with Crippen LogP contribution in [0.1, 0.15) is 31.5 Å². The maximum absolute atomic E-state index is 13.4. The zero-order valence-corrected chi connectivity index (χ0v) is 15.9. The number of benzene rings is 1. The predicted molar refractivity (Wildman–Crippen MR) is 100 cm³/mol. The molecule has 2 aliphatic rings. The van der Waals surface area contributed by atoms with Gasteiger partial charge in [0.05, 0.1) is 25.2 Å². The van der Waals surface area contributed by atoms with Crippen molar-refractivity contribution in [2.24, 2.45) is 0 Å². The Morgan fingerprint density at radius 1 is 1.21 bits per heavy atom. The van der Waals surface area contributed by atoms with Gasteiger partial charge in [-0.25, -0.2) is 4.79 Å². The summed E-state index contributed by atoms with van der Waals surface area (Å²) in [6.45, 7) is 3.59. The first-order chi connectivity index (χ1) is 13.9. The number of rotatable bonds is 5. The molecular formula is C20H19N3O6. The Balaban J connectivity index is 1.99. The fraction of sp³-hybridized carbons (Fsp3) is 0.300. The molecule has 1 amide bonds. The number of carbonyl (C=O) groups excluding carboxylic acids is 3. The number of fused-ring (bicyclic) bond motifs is 5. The number of anilines is 1. The summed E-state index contributed by atoms with van der Waals surface area (Å²) >= 11 is 0. The molecule has 0 fully saturated rings. The largest absolute Gasteiger partial charge is 0.466 e. The molecule has 150 valence electrons. The summed E-state index contributed by atoms with van der Waals surface area (Å²) in [7, 11) is 0. The molecule has 0 saturated heterocycles. The molecule has 0 bridgehead atoms. The Hall–Kier alpha value is -3.62. The van der Waals surface area contributed by atoms with Gasteiger partial charge in [-0.15, -0.1) is 0 Å². The SMILES string of the molecule is CCOC(=O)CC1=C(C(=O)OCC)[C@]2(C(=O)N1)c1ccccc1-c1oc(N)nc12. The van der Waals surface area contributed by atoms with Crippen LogP contribution in [0.5, 0.6) is 0 Å². The van der Waals surface area contributed by atoms with Crippen molar-refractivity contribution in [2.75, 3.05) is 18.9 Å². The van der Waals surface area contributed by atoms with Crippen LogP contribution < -0.4 is 11.1 Å². The number of hydrogen-bond acceptors (Lipinski definition) is 8. The normalized spacial score (nSPS) is 19.2. The lowest BCUT2D eigenvalue weighted by Crippen LogP contribution is -2.40. The zero-order valence-electron chi connectivity index (χ0n) is 15.9. The minimum absolute atomic E-state index is 0.00287. The first-order valence-electron chi connectivity index (χ1n) is 9.19. The molecule has 4 rings (SSSR count). The van der Waals surface area contributed by atoms with E-state index < -0.39 is 23.3 Å². The summed E-state index contributed by atoms with van der Waals surface area (Å²) in [6, 6.07) is 6.87. The number of carbonyl (C=O) groups is 3. The molecule has 0 radical (unpaired) electrons. The summed E-state index contributed by atoms with van der Waals surface area (Å²) in [6.07, 6.45) is -0.291. The molecular weight excluding hydrogens is 378 g/mol. The number of esters is 2. The highest BCUT2D eigenvalue weighted by Gasteiger charge is 2.62. The number of aromatic nitrogens is 1. The number of nitrogens with two attached hydrogens (primary N) is 1. The molecule has 29 heavy (non-hydrogen) atoms. The molecule has 9 nitrogen and oxygen atoms in total. The van der Waals surface area contributed by atoms with E-state index in [0.29, 0.717) is 16.9 Å². The van der Waals surface area contributed by atoms with Gasteiger partial charge >= 0.3 is 11.9 Å². The molecule has 1 aromatic heterocycles. The molecule has 1 atom stereocenters. The summed E-state index contributed by atoms with van der Waals surface area (Å²) in [5.41, 5.74) is 5.59. The lowest BCUT2D eigenvalue weighted by Gasteiger charge is -2.24. The van der Waals surface area contributed by atoms with E-state index in [4.69, 9.17) is 19.6 Å². The van der Waals surface area contributed by atoms with Gasteiger partial charge in [0, 0.05) is 11.3 Å². The second-order valence-corrected chi connectivity index (χ2v) is 6.54. The third-order valence-corrected chi connectivity index (χ3v) is 4.96. The van der Waals surface area contributed by atoms with Crippen LogP contribution in [0.4, 0.5) is 6.01 Å². The number of hydrogen-bond donors (Lipinski definition) is 2. The van der Waals surface area contributed by atoms with E-state index in [-0.39, 0.29) is 42.6 Å². The Kier molecular flexibility index (Phi) is 4.37. The van der Waals surface area contributed by atoms with Crippen molar-refractivity contribution < 1.29 is 28.3 Å². The molecule has 1 spiro atoms. The van der Waals surface area contributed by atoms with E-state index in [1.54, 1.807) is 38.1 Å². The van der Waals surface area contributed by atoms with Crippen molar-refractivity contribution in [1.29, 1.82) is 0 Å². The molecule has 2 aromatic rings. The first kappa shape index (κ1) is 18.7. The number of ether oxygens (including phenoxy) is 2. The van der Waals surface area contributed by atoms with Crippen LogP contribution in [-0.4, -0.2) is 36.0 Å². The number of oxazole rings is 1. The molecule has 9 heteroatoms. The second kappa shape index (κ2) is 6.77. The van der Waals surface area contributed by atoms with Crippen LogP contribution in [0.15, 0.2) is 40.0 Å². The van der Waals surface area contributed by atoms with Gasteiger partial charge in [0.15, 0.2) is 11.2 Å². The van der Waals surface area contributed by atoms with E-state index >= 15 is 0 Å². The van der Waals surface area contributed by atoms with Crippen molar-refractivity contribution in [3.63, 3.8) is 0 Å². The van der Waals surface area contributed by atoms with Crippen LogP contribution in [0.3, 0.4) is 0 Å². The predicted octanol–water partition coefficient (Wildman–Crippen LogP) is 1.42. The molecule has 3 N–H and O–H groups in total. The lowest BCUT2D eigenvalue weighted by atomic mass is 9.74. The first-order valence-corrected chi connectivity index (χ1v) is 9.19. The molecule has 0 saturated carbocycles. The van der Waals surface area contributed by atoms with Gasteiger partial charge in [-0.1, -0.05) is 24.3 Å². The van der Waals surface area contributed by atoms with Crippen molar-refractivity contribution in [3.05, 3.63) is 46.8 Å². The molecule has 2 heterocycles. The Bertz CT molecular complexity index is 1070. The van der Waals surface area contributed by atoms with Gasteiger partial charge in [0.25, 0.3) is 6.01 Å². The average molecular weight is 397 g/mol. The zero-order chi connectivity index (χ0) is 20.8. The van der Waals surface area contributed by atoms with Crippen LogP contribution >= 0.6 is 0 Å². The van der Waals surface area contributed by atoms with Gasteiger partial charge < -0.3 is 24.9 Å². The smallest absolute Gasteiger partial charge is 0.337 e. The second-order valence-electron chi connectivity index (χ2n) is 6.54. The number of nitrogen functional groups attached to an aromatic ring is 1. The van der Waals surface area contributed by atoms with Crippen LogP contribution in [-0.2, 0) is 29.3 Å². The van der Waals surface area contributed by atoms with Crippen LogP contribution in [0.25, 0.3) is 11.3 Å². The van der Waals surface area contributed by atoms with Crippen LogP contribution in [0, 0.1) is 0 Å². The topological polar surface area (TPSA) is 134 Å². The van der Waals surface area contributed by atoms with E-state index in [1.807, 2.05) is 0 Å². The molecule has 1 aliphatic carbocycles. The quantitative estimate of drug-likeness (QED) is 0.724. The van der Waals surface area contributed by atoms with E-state index in [1.165, 1.54) is 0 Å².